The van der Waals surface area contributed by atoms with Crippen molar-refractivity contribution in [2.24, 2.45) is 0 Å². The number of carboxylic acids is 2. The molecule has 0 bridgehead atoms. The largest absolute Gasteiger partial charge is 0.478 e. The average molecular weight is 594 g/mol. The van der Waals surface area contributed by atoms with Crippen molar-refractivity contribution < 1.29 is 19.8 Å². The lowest BCUT2D eigenvalue weighted by Crippen LogP contribution is -1.92. The molecule has 0 amide bonds. The van der Waals surface area contributed by atoms with Crippen LogP contribution in [0.5, 0.6) is 0 Å². The molecule has 1 aromatic rings. The highest BCUT2D eigenvalue weighted by Crippen LogP contribution is 2.41. The van der Waals surface area contributed by atoms with Crippen molar-refractivity contribution in [3.8, 4) is 0 Å². The van der Waals surface area contributed by atoms with Gasteiger partial charge in [-0.05, 0) is 103 Å². The van der Waals surface area contributed by atoms with Crippen molar-refractivity contribution in [1.29, 1.82) is 0 Å². The van der Waals surface area contributed by atoms with E-state index in [1.54, 1.807) is 0 Å². The van der Waals surface area contributed by atoms with Gasteiger partial charge in [0.2, 0.25) is 0 Å². The first-order chi connectivity index (χ1) is 10.7. The Labute approximate surface area is 175 Å². The predicted molar refractivity (Wildman–Crippen MR) is 112 cm³/mol. The number of halogens is 4. The van der Waals surface area contributed by atoms with Crippen LogP contribution >= 0.6 is 63.7 Å². The SMILES string of the molecule is C=C(C)C(=O)O.C=C(C)C(=O)O.Cc1c(C)c(Br)c(Br)c(Br)c1Br. The van der Waals surface area contributed by atoms with Crippen LogP contribution in [0.2, 0.25) is 0 Å². The van der Waals surface area contributed by atoms with Gasteiger partial charge in [-0.15, -0.1) is 0 Å². The second kappa shape index (κ2) is 12.0. The molecule has 0 aromatic heterocycles. The van der Waals surface area contributed by atoms with Gasteiger partial charge in [0.15, 0.2) is 0 Å². The third-order valence-electron chi connectivity index (χ3n) is 2.53. The molecule has 0 unspecified atom stereocenters. The van der Waals surface area contributed by atoms with Gasteiger partial charge < -0.3 is 10.2 Å². The van der Waals surface area contributed by atoms with E-state index in [-0.39, 0.29) is 11.1 Å². The molecule has 134 valence electrons. The van der Waals surface area contributed by atoms with E-state index in [9.17, 15) is 9.59 Å². The van der Waals surface area contributed by atoms with Crippen LogP contribution in [0.4, 0.5) is 0 Å². The van der Waals surface area contributed by atoms with Gasteiger partial charge in [0, 0.05) is 29.0 Å². The van der Waals surface area contributed by atoms with Crippen molar-refractivity contribution >= 4 is 75.7 Å². The third-order valence-corrected chi connectivity index (χ3v) is 7.69. The summed E-state index contributed by atoms with van der Waals surface area (Å²) in [4.78, 5) is 19.2. The fourth-order valence-electron chi connectivity index (χ4n) is 0.851. The van der Waals surface area contributed by atoms with Crippen LogP contribution in [0, 0.1) is 13.8 Å². The number of rotatable bonds is 2. The molecular formula is C16H18Br4O4. The van der Waals surface area contributed by atoms with Gasteiger partial charge in [-0.3, -0.25) is 0 Å². The first-order valence-electron chi connectivity index (χ1n) is 6.32. The maximum Gasteiger partial charge on any atom is 0.330 e. The molecule has 1 rings (SSSR count). The van der Waals surface area contributed by atoms with Crippen LogP contribution in [0.3, 0.4) is 0 Å². The quantitative estimate of drug-likeness (QED) is 0.229. The summed E-state index contributed by atoms with van der Waals surface area (Å²) in [6.45, 7) is 13.4. The number of hydrogen-bond donors (Lipinski definition) is 2. The highest BCUT2D eigenvalue weighted by atomic mass is 79.9. The topological polar surface area (TPSA) is 74.6 Å². The summed E-state index contributed by atoms with van der Waals surface area (Å²) in [6, 6.07) is 0. The fraction of sp³-hybridized carbons (Fsp3) is 0.250. The molecular weight excluding hydrogens is 576 g/mol. The molecule has 0 aliphatic carbocycles. The fourth-order valence-corrected chi connectivity index (χ4v) is 3.37. The summed E-state index contributed by atoms with van der Waals surface area (Å²) in [5.41, 5.74) is 2.85. The Morgan fingerprint density at radius 2 is 0.875 bits per heavy atom. The van der Waals surface area contributed by atoms with Gasteiger partial charge in [-0.25, -0.2) is 9.59 Å². The number of benzene rings is 1. The zero-order valence-electron chi connectivity index (χ0n) is 13.6. The van der Waals surface area contributed by atoms with E-state index < -0.39 is 11.9 Å². The van der Waals surface area contributed by atoms with E-state index in [1.807, 2.05) is 0 Å². The second-order valence-electron chi connectivity index (χ2n) is 4.68. The summed E-state index contributed by atoms with van der Waals surface area (Å²) in [5, 5.41) is 15.8. The summed E-state index contributed by atoms with van der Waals surface area (Å²) in [7, 11) is 0. The molecule has 0 aliphatic rings. The van der Waals surface area contributed by atoms with Crippen molar-refractivity contribution in [1.82, 2.24) is 0 Å². The minimum absolute atomic E-state index is 0.176. The van der Waals surface area contributed by atoms with E-state index in [1.165, 1.54) is 25.0 Å². The van der Waals surface area contributed by atoms with Crippen molar-refractivity contribution in [2.75, 3.05) is 0 Å². The zero-order chi connectivity index (χ0) is 19.8. The molecule has 0 aliphatic heterocycles. The number of carboxylic acid groups (broad SMARTS) is 2. The van der Waals surface area contributed by atoms with Crippen LogP contribution < -0.4 is 0 Å². The maximum atomic E-state index is 9.60. The lowest BCUT2D eigenvalue weighted by molar-refractivity contribution is -0.133. The lowest BCUT2D eigenvalue weighted by atomic mass is 10.1. The standard InChI is InChI=1S/C8H6Br4.2C4H6O2/c1-3-4(2)6(10)8(12)7(11)5(3)9;2*1-3(2)4(5)6/h1-2H3;2*1H2,2H3,(H,5,6). The normalized spacial score (nSPS) is 9.00. The molecule has 24 heavy (non-hydrogen) atoms. The monoisotopic (exact) mass is 590 g/mol. The molecule has 0 radical (unpaired) electrons. The summed E-state index contributed by atoms with van der Waals surface area (Å²) >= 11 is 14.0. The third kappa shape index (κ3) is 9.15. The van der Waals surface area contributed by atoms with Crippen molar-refractivity contribution in [3.63, 3.8) is 0 Å². The van der Waals surface area contributed by atoms with Crippen LogP contribution in [0.1, 0.15) is 25.0 Å². The van der Waals surface area contributed by atoms with E-state index >= 15 is 0 Å². The van der Waals surface area contributed by atoms with Crippen LogP contribution in [0.25, 0.3) is 0 Å². The van der Waals surface area contributed by atoms with Gasteiger partial charge in [0.1, 0.15) is 0 Å². The molecule has 4 nitrogen and oxygen atoms in total. The Hall–Kier alpha value is -0.440. The average Bonchev–Trinajstić information content (AvgIpc) is 2.50. The molecule has 2 N–H and O–H groups in total. The summed E-state index contributed by atoms with van der Waals surface area (Å²) in [5.74, 6) is -1.87. The molecule has 0 saturated carbocycles. The first kappa shape index (κ1) is 25.8. The Balaban J connectivity index is 0. The van der Waals surface area contributed by atoms with E-state index in [0.717, 1.165) is 17.9 Å². The van der Waals surface area contributed by atoms with E-state index in [2.05, 4.69) is 90.7 Å². The minimum atomic E-state index is -0.935. The van der Waals surface area contributed by atoms with Gasteiger partial charge in [0.05, 0.1) is 0 Å². The minimum Gasteiger partial charge on any atom is -0.478 e. The smallest absolute Gasteiger partial charge is 0.330 e. The Morgan fingerprint density at radius 3 is 1.00 bits per heavy atom. The second-order valence-corrected chi connectivity index (χ2v) is 7.85. The molecule has 0 saturated heterocycles. The van der Waals surface area contributed by atoms with Crippen LogP contribution in [-0.4, -0.2) is 22.2 Å². The van der Waals surface area contributed by atoms with Gasteiger partial charge in [0.25, 0.3) is 0 Å². The Kier molecular flexibility index (Phi) is 12.9. The highest BCUT2D eigenvalue weighted by Gasteiger charge is 2.12. The van der Waals surface area contributed by atoms with Gasteiger partial charge >= 0.3 is 11.9 Å². The van der Waals surface area contributed by atoms with E-state index in [4.69, 9.17) is 10.2 Å². The molecule has 0 atom stereocenters. The molecule has 0 heterocycles. The van der Waals surface area contributed by atoms with Gasteiger partial charge in [-0.1, -0.05) is 13.2 Å². The van der Waals surface area contributed by atoms with E-state index in [0.29, 0.717) is 0 Å². The molecule has 0 fully saturated rings. The number of carbonyl (C=O) groups is 2. The lowest BCUT2D eigenvalue weighted by Gasteiger charge is -2.10. The predicted octanol–water partition coefficient (Wildman–Crippen LogP) is 6.65. The molecule has 1 aromatic carbocycles. The molecule has 0 spiro atoms. The highest BCUT2D eigenvalue weighted by molar-refractivity contribution is 9.15. The number of hydrogen-bond acceptors (Lipinski definition) is 2. The number of aliphatic carboxylic acids is 2. The summed E-state index contributed by atoms with van der Waals surface area (Å²) in [6.07, 6.45) is 0. The van der Waals surface area contributed by atoms with Crippen molar-refractivity contribution in [2.45, 2.75) is 27.7 Å². The van der Waals surface area contributed by atoms with Crippen molar-refractivity contribution in [3.05, 3.63) is 53.3 Å². The maximum absolute atomic E-state index is 9.60. The Morgan fingerprint density at radius 1 is 0.708 bits per heavy atom. The van der Waals surface area contributed by atoms with Crippen LogP contribution in [0.15, 0.2) is 42.2 Å². The zero-order valence-corrected chi connectivity index (χ0v) is 20.0. The summed E-state index contributed by atoms with van der Waals surface area (Å²) < 4.78 is 4.32. The van der Waals surface area contributed by atoms with Crippen LogP contribution in [-0.2, 0) is 9.59 Å². The van der Waals surface area contributed by atoms with Gasteiger partial charge in [-0.2, -0.15) is 0 Å². The Bertz CT molecular complexity index is 514. The molecule has 8 heteroatoms. The first-order valence-corrected chi connectivity index (χ1v) is 9.49.